The molecular formula is C14H21NO2. The highest BCUT2D eigenvalue weighted by molar-refractivity contribution is 5.26. The van der Waals surface area contributed by atoms with E-state index >= 15 is 0 Å². The van der Waals surface area contributed by atoms with E-state index in [1.807, 2.05) is 0 Å². The minimum absolute atomic E-state index is 0.130. The number of rotatable bonds is 3. The Hall–Kier alpha value is -0.540. The number of hydrogen-bond donors (Lipinski definition) is 0. The zero-order valence-electron chi connectivity index (χ0n) is 10.5. The molecule has 2 unspecified atom stereocenters. The Morgan fingerprint density at radius 1 is 1.47 bits per heavy atom. The van der Waals surface area contributed by atoms with Crippen LogP contribution in [0.4, 0.5) is 0 Å². The van der Waals surface area contributed by atoms with Crippen molar-refractivity contribution in [3.8, 4) is 0 Å². The lowest BCUT2D eigenvalue weighted by molar-refractivity contribution is 0.0586. The maximum absolute atomic E-state index is 5.45. The molecule has 3 rings (SSSR count). The molecule has 0 spiro atoms. The van der Waals surface area contributed by atoms with E-state index in [9.17, 15) is 0 Å². The average Bonchev–Trinajstić information content (AvgIpc) is 2.94. The van der Waals surface area contributed by atoms with Crippen LogP contribution in [0.5, 0.6) is 0 Å². The highest BCUT2D eigenvalue weighted by Crippen LogP contribution is 2.32. The van der Waals surface area contributed by atoms with Crippen LogP contribution in [0.15, 0.2) is 11.8 Å². The molecule has 2 heterocycles. The molecule has 2 radical (unpaired) electrons. The van der Waals surface area contributed by atoms with Gasteiger partial charge in [-0.3, -0.25) is 0 Å². The molecule has 17 heavy (non-hydrogen) atoms. The van der Waals surface area contributed by atoms with Gasteiger partial charge in [-0.1, -0.05) is 6.92 Å². The molecule has 3 nitrogen and oxygen atoms in total. The van der Waals surface area contributed by atoms with Crippen molar-refractivity contribution in [2.75, 3.05) is 26.4 Å². The summed E-state index contributed by atoms with van der Waals surface area (Å²) in [5.41, 5.74) is 0. The van der Waals surface area contributed by atoms with Crippen LogP contribution in [0.3, 0.4) is 0 Å². The third-order valence-corrected chi connectivity index (χ3v) is 3.95. The van der Waals surface area contributed by atoms with Gasteiger partial charge in [-0.15, -0.1) is 0 Å². The quantitative estimate of drug-likeness (QED) is 0.748. The smallest absolute Gasteiger partial charge is 0.189 e. The van der Waals surface area contributed by atoms with E-state index in [-0.39, 0.29) is 6.10 Å². The van der Waals surface area contributed by atoms with Crippen molar-refractivity contribution in [2.24, 2.45) is 5.92 Å². The zero-order valence-corrected chi connectivity index (χ0v) is 10.5. The summed E-state index contributed by atoms with van der Waals surface area (Å²) >= 11 is 0. The molecule has 0 N–H and O–H groups in total. The number of likely N-dealkylation sites (tertiary alicyclic amines) is 1. The summed E-state index contributed by atoms with van der Waals surface area (Å²) in [6.45, 7) is 6.51. The SMILES string of the molecule is CC1CCN(CC[C]2C=C3OCOC3[CH]C2)C1. The highest BCUT2D eigenvalue weighted by atomic mass is 16.7. The van der Waals surface area contributed by atoms with Gasteiger partial charge in [0.2, 0.25) is 0 Å². The van der Waals surface area contributed by atoms with Gasteiger partial charge in [0.1, 0.15) is 11.9 Å². The van der Waals surface area contributed by atoms with Crippen LogP contribution in [-0.4, -0.2) is 37.4 Å². The van der Waals surface area contributed by atoms with E-state index in [0.717, 1.165) is 18.1 Å². The second-order valence-electron chi connectivity index (χ2n) is 5.44. The second kappa shape index (κ2) is 4.99. The van der Waals surface area contributed by atoms with Crippen molar-refractivity contribution in [2.45, 2.75) is 32.3 Å². The van der Waals surface area contributed by atoms with Gasteiger partial charge < -0.3 is 14.4 Å². The van der Waals surface area contributed by atoms with E-state index in [0.29, 0.717) is 6.79 Å². The fourth-order valence-electron chi connectivity index (χ4n) is 2.87. The number of ether oxygens (including phenoxy) is 2. The summed E-state index contributed by atoms with van der Waals surface area (Å²) < 4.78 is 10.9. The van der Waals surface area contributed by atoms with Crippen LogP contribution in [0.2, 0.25) is 0 Å². The van der Waals surface area contributed by atoms with Gasteiger partial charge in [0.15, 0.2) is 6.79 Å². The van der Waals surface area contributed by atoms with Crippen LogP contribution >= 0.6 is 0 Å². The van der Waals surface area contributed by atoms with E-state index in [2.05, 4.69) is 24.3 Å². The van der Waals surface area contributed by atoms with E-state index in [1.54, 1.807) is 0 Å². The zero-order chi connectivity index (χ0) is 11.7. The maximum Gasteiger partial charge on any atom is 0.189 e. The van der Waals surface area contributed by atoms with Crippen LogP contribution in [0.1, 0.15) is 26.2 Å². The molecular weight excluding hydrogens is 214 g/mol. The number of fused-ring (bicyclic) bond motifs is 1. The molecule has 0 saturated carbocycles. The van der Waals surface area contributed by atoms with Gasteiger partial charge >= 0.3 is 0 Å². The predicted molar refractivity (Wildman–Crippen MR) is 65.9 cm³/mol. The van der Waals surface area contributed by atoms with Crippen LogP contribution in [0, 0.1) is 18.3 Å². The molecule has 0 aromatic rings. The van der Waals surface area contributed by atoms with Gasteiger partial charge in [-0.05, 0) is 50.8 Å². The Labute approximate surface area is 104 Å². The van der Waals surface area contributed by atoms with Crippen molar-refractivity contribution in [1.82, 2.24) is 4.90 Å². The molecule has 2 atom stereocenters. The number of nitrogens with zero attached hydrogens (tertiary/aromatic N) is 1. The largest absolute Gasteiger partial charge is 0.469 e. The third kappa shape index (κ3) is 2.66. The molecule has 2 fully saturated rings. The summed E-state index contributed by atoms with van der Waals surface area (Å²) in [5, 5.41) is 0. The van der Waals surface area contributed by atoms with Crippen LogP contribution in [0.25, 0.3) is 0 Å². The Kier molecular flexibility index (Phi) is 3.39. The molecule has 0 amide bonds. The van der Waals surface area contributed by atoms with E-state index < -0.39 is 0 Å². The lowest BCUT2D eigenvalue weighted by atomic mass is 9.90. The monoisotopic (exact) mass is 235 g/mol. The fraction of sp³-hybridized carbons (Fsp3) is 0.714. The van der Waals surface area contributed by atoms with Crippen LogP contribution < -0.4 is 0 Å². The van der Waals surface area contributed by atoms with Crippen molar-refractivity contribution in [1.29, 1.82) is 0 Å². The summed E-state index contributed by atoms with van der Waals surface area (Å²) in [6.07, 6.45) is 8.15. The molecule has 2 saturated heterocycles. The van der Waals surface area contributed by atoms with Crippen molar-refractivity contribution in [3.05, 3.63) is 24.2 Å². The molecule has 0 aromatic carbocycles. The molecule has 94 valence electrons. The molecule has 3 aliphatic rings. The van der Waals surface area contributed by atoms with Crippen molar-refractivity contribution in [3.63, 3.8) is 0 Å². The first-order valence-corrected chi connectivity index (χ1v) is 6.67. The topological polar surface area (TPSA) is 21.7 Å². The predicted octanol–water partition coefficient (Wildman–Crippen LogP) is 2.16. The van der Waals surface area contributed by atoms with E-state index in [1.165, 1.54) is 38.4 Å². The van der Waals surface area contributed by atoms with E-state index in [4.69, 9.17) is 9.47 Å². The Bertz CT molecular complexity index is 303. The first-order chi connectivity index (χ1) is 8.31. The summed E-state index contributed by atoms with van der Waals surface area (Å²) in [6, 6.07) is 0. The molecule has 2 aliphatic heterocycles. The number of allylic oxidation sites excluding steroid dienone is 1. The second-order valence-corrected chi connectivity index (χ2v) is 5.44. The maximum atomic E-state index is 5.45. The molecule has 0 aromatic heterocycles. The summed E-state index contributed by atoms with van der Waals surface area (Å²) in [4.78, 5) is 2.58. The Balaban J connectivity index is 1.48. The minimum atomic E-state index is 0.130. The lowest BCUT2D eigenvalue weighted by Crippen LogP contribution is -2.24. The van der Waals surface area contributed by atoms with Gasteiger partial charge in [0.25, 0.3) is 0 Å². The fourth-order valence-corrected chi connectivity index (χ4v) is 2.87. The third-order valence-electron chi connectivity index (χ3n) is 3.95. The first-order valence-electron chi connectivity index (χ1n) is 6.67. The molecule has 1 aliphatic carbocycles. The number of hydrogen-bond acceptors (Lipinski definition) is 3. The van der Waals surface area contributed by atoms with Crippen molar-refractivity contribution < 1.29 is 9.47 Å². The lowest BCUT2D eigenvalue weighted by Gasteiger charge is -2.23. The highest BCUT2D eigenvalue weighted by Gasteiger charge is 2.30. The van der Waals surface area contributed by atoms with Gasteiger partial charge in [0, 0.05) is 12.5 Å². The Morgan fingerprint density at radius 2 is 2.41 bits per heavy atom. The van der Waals surface area contributed by atoms with Gasteiger partial charge in [-0.25, -0.2) is 0 Å². The van der Waals surface area contributed by atoms with Crippen molar-refractivity contribution >= 4 is 0 Å². The minimum Gasteiger partial charge on any atom is -0.469 e. The standard InChI is InChI=1S/C14H21NO2/c1-11-4-6-15(9-11)7-5-12-2-3-13-14(8-12)17-10-16-13/h3,8,11,13H,2,4-7,9-10H2,1H3. The normalized spacial score (nSPS) is 34.5. The first kappa shape index (κ1) is 11.5. The summed E-state index contributed by atoms with van der Waals surface area (Å²) in [7, 11) is 0. The van der Waals surface area contributed by atoms with Gasteiger partial charge in [0.05, 0.1) is 0 Å². The average molecular weight is 235 g/mol. The molecule has 3 heteroatoms. The summed E-state index contributed by atoms with van der Waals surface area (Å²) in [5.74, 6) is 3.38. The molecule has 0 bridgehead atoms. The Morgan fingerprint density at radius 3 is 3.24 bits per heavy atom. The van der Waals surface area contributed by atoms with Gasteiger partial charge in [-0.2, -0.15) is 0 Å². The van der Waals surface area contributed by atoms with Crippen LogP contribution in [-0.2, 0) is 9.47 Å².